The van der Waals surface area contributed by atoms with Gasteiger partial charge < -0.3 is 24.0 Å². The quantitative estimate of drug-likeness (QED) is 0.791. The number of hydrogen-bond acceptors (Lipinski definition) is 7. The highest BCUT2D eigenvalue weighted by Gasteiger charge is 2.39. The summed E-state index contributed by atoms with van der Waals surface area (Å²) in [7, 11) is 0. The summed E-state index contributed by atoms with van der Waals surface area (Å²) in [5.74, 6) is -0.385. The van der Waals surface area contributed by atoms with Gasteiger partial charge in [0.15, 0.2) is 5.79 Å². The number of ether oxygens (including phenoxy) is 3. The highest BCUT2D eigenvalue weighted by molar-refractivity contribution is 5.67. The molecule has 24 heavy (non-hydrogen) atoms. The van der Waals surface area contributed by atoms with Crippen LogP contribution >= 0.6 is 0 Å². The normalized spacial score (nSPS) is 23.7. The topological polar surface area (TPSA) is 63.6 Å². The molecule has 130 valence electrons. The maximum absolute atomic E-state index is 11.1. The minimum atomic E-state index is -0.385. The molecule has 0 aromatic heterocycles. The molecule has 3 saturated heterocycles. The lowest BCUT2D eigenvalue weighted by Crippen LogP contribution is -2.45. The van der Waals surface area contributed by atoms with Gasteiger partial charge in [0, 0.05) is 50.4 Å². The average molecular weight is 333 g/mol. The van der Waals surface area contributed by atoms with Crippen LogP contribution in [-0.4, -0.2) is 58.4 Å². The van der Waals surface area contributed by atoms with Gasteiger partial charge in [-0.15, -0.1) is 4.91 Å². The van der Waals surface area contributed by atoms with Crippen molar-refractivity contribution >= 4 is 17.1 Å². The van der Waals surface area contributed by atoms with E-state index >= 15 is 0 Å². The number of benzene rings is 1. The summed E-state index contributed by atoms with van der Waals surface area (Å²) < 4.78 is 17.0. The van der Waals surface area contributed by atoms with Crippen LogP contribution in [0.15, 0.2) is 23.4 Å². The summed E-state index contributed by atoms with van der Waals surface area (Å²) in [5, 5.41) is 3.17. The highest BCUT2D eigenvalue weighted by Crippen LogP contribution is 2.36. The van der Waals surface area contributed by atoms with Crippen LogP contribution in [0, 0.1) is 4.91 Å². The molecular formula is C17H23N3O4. The van der Waals surface area contributed by atoms with Crippen LogP contribution in [0.4, 0.5) is 17.1 Å². The Bertz CT molecular complexity index is 587. The van der Waals surface area contributed by atoms with Crippen LogP contribution in [0.2, 0.25) is 0 Å². The van der Waals surface area contributed by atoms with Crippen LogP contribution in [0.5, 0.6) is 0 Å². The predicted octanol–water partition coefficient (Wildman–Crippen LogP) is 2.26. The largest absolute Gasteiger partial charge is 0.378 e. The molecule has 3 aliphatic rings. The smallest absolute Gasteiger partial charge is 0.171 e. The van der Waals surface area contributed by atoms with Crippen molar-refractivity contribution in [2.75, 3.05) is 62.4 Å². The first-order chi connectivity index (χ1) is 11.8. The summed E-state index contributed by atoms with van der Waals surface area (Å²) in [6.45, 7) is 6.19. The van der Waals surface area contributed by atoms with Crippen LogP contribution in [0.25, 0.3) is 0 Å². The van der Waals surface area contributed by atoms with Crippen LogP contribution in [0.1, 0.15) is 12.8 Å². The van der Waals surface area contributed by atoms with Gasteiger partial charge in [-0.1, -0.05) is 0 Å². The first kappa shape index (κ1) is 15.8. The van der Waals surface area contributed by atoms with Crippen LogP contribution in [0.3, 0.4) is 0 Å². The number of anilines is 2. The molecule has 0 radical (unpaired) electrons. The summed E-state index contributed by atoms with van der Waals surface area (Å²) in [6.07, 6.45) is 1.69. The molecule has 0 aliphatic carbocycles. The minimum absolute atomic E-state index is 0.385. The lowest BCUT2D eigenvalue weighted by atomic mass is 10.0. The van der Waals surface area contributed by atoms with E-state index in [-0.39, 0.29) is 5.79 Å². The van der Waals surface area contributed by atoms with Crippen molar-refractivity contribution in [1.82, 2.24) is 0 Å². The van der Waals surface area contributed by atoms with E-state index in [1.807, 2.05) is 12.1 Å². The molecule has 1 aromatic rings. The zero-order valence-electron chi connectivity index (χ0n) is 13.8. The van der Waals surface area contributed by atoms with Gasteiger partial charge in [-0.25, -0.2) is 0 Å². The van der Waals surface area contributed by atoms with Crippen molar-refractivity contribution in [3.8, 4) is 0 Å². The number of piperidine rings is 1. The van der Waals surface area contributed by atoms with E-state index in [0.717, 1.165) is 63.6 Å². The van der Waals surface area contributed by atoms with Gasteiger partial charge in [-0.05, 0) is 23.4 Å². The van der Waals surface area contributed by atoms with Crippen molar-refractivity contribution in [3.63, 3.8) is 0 Å². The van der Waals surface area contributed by atoms with E-state index in [1.165, 1.54) is 0 Å². The summed E-state index contributed by atoms with van der Waals surface area (Å²) >= 11 is 0. The van der Waals surface area contributed by atoms with Crippen molar-refractivity contribution in [3.05, 3.63) is 23.1 Å². The molecule has 3 fully saturated rings. The molecule has 0 saturated carbocycles. The second kappa shape index (κ2) is 6.66. The van der Waals surface area contributed by atoms with Crippen LogP contribution in [-0.2, 0) is 14.2 Å². The zero-order valence-corrected chi connectivity index (χ0v) is 13.8. The summed E-state index contributed by atoms with van der Waals surface area (Å²) in [4.78, 5) is 15.7. The van der Waals surface area contributed by atoms with E-state index in [0.29, 0.717) is 18.9 Å². The Hall–Kier alpha value is -1.70. The highest BCUT2D eigenvalue weighted by atomic mass is 16.7. The number of nitroso groups, excluding NO2 is 1. The average Bonchev–Trinajstić information content (AvgIpc) is 3.10. The second-order valence-electron chi connectivity index (χ2n) is 6.49. The molecule has 0 bridgehead atoms. The van der Waals surface area contributed by atoms with E-state index in [2.05, 4.69) is 21.0 Å². The molecule has 1 aromatic carbocycles. The van der Waals surface area contributed by atoms with E-state index in [4.69, 9.17) is 14.2 Å². The Kier molecular flexibility index (Phi) is 4.39. The van der Waals surface area contributed by atoms with Gasteiger partial charge in [0.25, 0.3) is 0 Å². The maximum Gasteiger partial charge on any atom is 0.171 e. The SMILES string of the molecule is O=Nc1cc(N2CCOCC2)cc(N2CCC3(CC2)OCCO3)c1. The molecular weight excluding hydrogens is 310 g/mol. The maximum atomic E-state index is 11.1. The monoisotopic (exact) mass is 333 g/mol. The Labute approximate surface area is 141 Å². The first-order valence-corrected chi connectivity index (χ1v) is 8.62. The van der Waals surface area contributed by atoms with Crippen molar-refractivity contribution in [2.24, 2.45) is 5.18 Å². The molecule has 3 heterocycles. The Morgan fingerprint density at radius 1 is 0.833 bits per heavy atom. The Morgan fingerprint density at radius 2 is 1.42 bits per heavy atom. The van der Waals surface area contributed by atoms with Gasteiger partial charge in [0.2, 0.25) is 0 Å². The molecule has 1 spiro atoms. The zero-order chi connectivity index (χ0) is 16.4. The fraction of sp³-hybridized carbons (Fsp3) is 0.647. The van der Waals surface area contributed by atoms with Gasteiger partial charge in [-0.3, -0.25) is 0 Å². The lowest BCUT2D eigenvalue weighted by Gasteiger charge is -2.39. The van der Waals surface area contributed by atoms with Crippen LogP contribution < -0.4 is 9.80 Å². The fourth-order valence-corrected chi connectivity index (χ4v) is 3.71. The number of morpholine rings is 1. The molecule has 0 unspecified atom stereocenters. The molecule has 7 heteroatoms. The minimum Gasteiger partial charge on any atom is -0.378 e. The fourth-order valence-electron chi connectivity index (χ4n) is 3.71. The molecule has 3 aliphatic heterocycles. The molecule has 0 N–H and O–H groups in total. The standard InChI is InChI=1S/C17H23N3O4/c21-18-14-11-15(13-16(12-14)20-5-7-22-8-6-20)19-3-1-17(2-4-19)23-9-10-24-17/h11-13H,1-10H2. The third-order valence-corrected chi connectivity index (χ3v) is 5.07. The van der Waals surface area contributed by atoms with Gasteiger partial charge in [-0.2, -0.15) is 0 Å². The van der Waals surface area contributed by atoms with Crippen molar-refractivity contribution in [1.29, 1.82) is 0 Å². The van der Waals surface area contributed by atoms with Crippen molar-refractivity contribution in [2.45, 2.75) is 18.6 Å². The summed E-state index contributed by atoms with van der Waals surface area (Å²) in [5.41, 5.74) is 2.56. The molecule has 0 atom stereocenters. The predicted molar refractivity (Wildman–Crippen MR) is 91.0 cm³/mol. The third-order valence-electron chi connectivity index (χ3n) is 5.07. The molecule has 4 rings (SSSR count). The number of hydrogen-bond donors (Lipinski definition) is 0. The first-order valence-electron chi connectivity index (χ1n) is 8.62. The van der Waals surface area contributed by atoms with Gasteiger partial charge in [0.05, 0.1) is 26.4 Å². The lowest BCUT2D eigenvalue weighted by molar-refractivity contribution is -0.169. The van der Waals surface area contributed by atoms with E-state index in [9.17, 15) is 4.91 Å². The molecule has 7 nitrogen and oxygen atoms in total. The summed E-state index contributed by atoms with van der Waals surface area (Å²) in [6, 6.07) is 5.87. The van der Waals surface area contributed by atoms with Gasteiger partial charge in [0.1, 0.15) is 5.69 Å². The number of nitrogens with zero attached hydrogens (tertiary/aromatic N) is 3. The number of rotatable bonds is 3. The van der Waals surface area contributed by atoms with Crippen molar-refractivity contribution < 1.29 is 14.2 Å². The van der Waals surface area contributed by atoms with E-state index < -0.39 is 0 Å². The Balaban J connectivity index is 1.53. The molecule has 0 amide bonds. The van der Waals surface area contributed by atoms with E-state index in [1.54, 1.807) is 0 Å². The second-order valence-corrected chi connectivity index (χ2v) is 6.49. The van der Waals surface area contributed by atoms with Gasteiger partial charge >= 0.3 is 0 Å². The Morgan fingerprint density at radius 3 is 2.00 bits per heavy atom. The third kappa shape index (κ3) is 3.11.